The number of carbonyl (C=O) groups is 2. The van der Waals surface area contributed by atoms with Crippen molar-refractivity contribution < 1.29 is 19.4 Å². The second-order valence-corrected chi connectivity index (χ2v) is 4.51. The number of aliphatic hydroxyl groups is 1. The molecule has 8 heteroatoms. The molecule has 1 aromatic carbocycles. The average Bonchev–Trinajstić information content (AvgIpc) is 2.54. The highest BCUT2D eigenvalue weighted by atomic mass is 16.5. The van der Waals surface area contributed by atoms with Crippen molar-refractivity contribution >= 4 is 22.8 Å². The molecule has 0 radical (unpaired) electrons. The fourth-order valence-electron chi connectivity index (χ4n) is 1.98. The number of ether oxygens (including phenoxy) is 1. The lowest BCUT2D eigenvalue weighted by Crippen LogP contribution is -2.45. The number of methoxy groups -OCH3 is 1. The zero-order chi connectivity index (χ0) is 16.1. The van der Waals surface area contributed by atoms with Gasteiger partial charge >= 0.3 is 5.97 Å². The summed E-state index contributed by atoms with van der Waals surface area (Å²) in [6.07, 6.45) is 1.12. The number of hydrogen-bond acceptors (Lipinski definition) is 6. The summed E-state index contributed by atoms with van der Waals surface area (Å²) in [5.74, 6) is -1.28. The number of nitrogens with one attached hydrogen (secondary N) is 1. The van der Waals surface area contributed by atoms with Crippen molar-refractivity contribution in [1.29, 1.82) is 0 Å². The Hall–Kier alpha value is -2.74. The van der Waals surface area contributed by atoms with Gasteiger partial charge in [-0.1, -0.05) is 12.1 Å². The monoisotopic (exact) mass is 305 g/mol. The van der Waals surface area contributed by atoms with Gasteiger partial charge in [-0.3, -0.25) is 14.3 Å². The predicted molar refractivity (Wildman–Crippen MR) is 77.0 cm³/mol. The first-order valence-electron chi connectivity index (χ1n) is 6.49. The van der Waals surface area contributed by atoms with Gasteiger partial charge in [-0.25, -0.2) is 4.79 Å². The van der Waals surface area contributed by atoms with E-state index in [0.29, 0.717) is 10.9 Å². The highest BCUT2D eigenvalue weighted by molar-refractivity contribution is 5.85. The average molecular weight is 305 g/mol. The number of benzene rings is 1. The van der Waals surface area contributed by atoms with E-state index < -0.39 is 24.5 Å². The summed E-state index contributed by atoms with van der Waals surface area (Å²) in [5.41, 5.74) is 0.263. The van der Waals surface area contributed by atoms with Crippen LogP contribution in [0.3, 0.4) is 0 Å². The van der Waals surface area contributed by atoms with E-state index in [1.54, 1.807) is 24.3 Å². The van der Waals surface area contributed by atoms with Crippen molar-refractivity contribution in [3.8, 4) is 0 Å². The van der Waals surface area contributed by atoms with Crippen LogP contribution in [0.25, 0.3) is 10.9 Å². The highest BCUT2D eigenvalue weighted by Crippen LogP contribution is 2.07. The smallest absolute Gasteiger partial charge is 0.330 e. The minimum atomic E-state index is -1.14. The third-order valence-electron chi connectivity index (χ3n) is 3.06. The summed E-state index contributed by atoms with van der Waals surface area (Å²) in [6, 6.07) is 5.61. The van der Waals surface area contributed by atoms with Gasteiger partial charge in [0.1, 0.15) is 6.54 Å². The van der Waals surface area contributed by atoms with Crippen molar-refractivity contribution in [3.63, 3.8) is 0 Å². The Balaban J connectivity index is 2.21. The van der Waals surface area contributed by atoms with Gasteiger partial charge in [0.15, 0.2) is 6.04 Å². The third kappa shape index (κ3) is 3.29. The molecular formula is C14H15N3O5. The SMILES string of the molecule is COC(=O)[C@@H](CO)NC(=O)Cn1ncc(=O)c2ccccc21. The molecule has 2 N–H and O–H groups in total. The first kappa shape index (κ1) is 15.6. The summed E-state index contributed by atoms with van der Waals surface area (Å²) in [7, 11) is 1.16. The van der Waals surface area contributed by atoms with Crippen molar-refractivity contribution in [3.05, 3.63) is 40.7 Å². The van der Waals surface area contributed by atoms with Crippen LogP contribution in [-0.2, 0) is 20.9 Å². The van der Waals surface area contributed by atoms with Crippen LogP contribution in [0.4, 0.5) is 0 Å². The van der Waals surface area contributed by atoms with Gasteiger partial charge in [-0.05, 0) is 12.1 Å². The quantitative estimate of drug-likeness (QED) is 0.689. The van der Waals surface area contributed by atoms with E-state index in [1.807, 2.05) is 0 Å². The first-order chi connectivity index (χ1) is 10.6. The molecule has 0 aliphatic carbocycles. The van der Waals surface area contributed by atoms with Crippen LogP contribution < -0.4 is 10.7 Å². The number of aromatic nitrogens is 2. The third-order valence-corrected chi connectivity index (χ3v) is 3.06. The van der Waals surface area contributed by atoms with Gasteiger partial charge in [0.2, 0.25) is 11.3 Å². The van der Waals surface area contributed by atoms with E-state index in [2.05, 4.69) is 15.2 Å². The normalized spacial score (nSPS) is 11.9. The topological polar surface area (TPSA) is 111 Å². The molecule has 0 aliphatic heterocycles. The standard InChI is InChI=1S/C14H15N3O5/c1-22-14(21)10(8-18)16-13(20)7-17-11-5-3-2-4-9(11)12(19)6-15-17/h2-6,10,18H,7-8H2,1H3,(H,16,20)/t10-/m1/s1. The Labute approximate surface area is 125 Å². The lowest BCUT2D eigenvalue weighted by atomic mass is 10.2. The largest absolute Gasteiger partial charge is 0.467 e. The summed E-state index contributed by atoms with van der Waals surface area (Å²) in [5, 5.41) is 15.8. The molecule has 1 heterocycles. The zero-order valence-electron chi connectivity index (χ0n) is 11.9. The molecule has 0 saturated heterocycles. The number of amides is 1. The van der Waals surface area contributed by atoms with E-state index in [9.17, 15) is 14.4 Å². The summed E-state index contributed by atoms with van der Waals surface area (Å²) in [6.45, 7) is -0.773. The minimum absolute atomic E-state index is 0.200. The zero-order valence-corrected chi connectivity index (χ0v) is 11.9. The van der Waals surface area contributed by atoms with Gasteiger partial charge in [-0.15, -0.1) is 0 Å². The second-order valence-electron chi connectivity index (χ2n) is 4.51. The van der Waals surface area contributed by atoms with Gasteiger partial charge in [0.25, 0.3) is 0 Å². The van der Waals surface area contributed by atoms with E-state index in [1.165, 1.54) is 4.68 Å². The Morgan fingerprint density at radius 2 is 2.14 bits per heavy atom. The predicted octanol–water partition coefficient (Wildman–Crippen LogP) is -0.953. The van der Waals surface area contributed by atoms with E-state index in [0.717, 1.165) is 13.3 Å². The Morgan fingerprint density at radius 3 is 2.82 bits per heavy atom. The van der Waals surface area contributed by atoms with Crippen LogP contribution in [-0.4, -0.2) is 46.5 Å². The van der Waals surface area contributed by atoms with E-state index in [4.69, 9.17) is 5.11 Å². The number of esters is 1. The maximum atomic E-state index is 12.0. The molecule has 22 heavy (non-hydrogen) atoms. The molecule has 116 valence electrons. The molecule has 1 atom stereocenters. The fourth-order valence-corrected chi connectivity index (χ4v) is 1.98. The number of para-hydroxylation sites is 1. The molecule has 1 aromatic heterocycles. The Bertz CT molecular complexity index is 755. The van der Waals surface area contributed by atoms with Crippen molar-refractivity contribution in [2.24, 2.45) is 0 Å². The van der Waals surface area contributed by atoms with Gasteiger partial charge in [0, 0.05) is 5.39 Å². The number of nitrogens with zero attached hydrogens (tertiary/aromatic N) is 2. The summed E-state index contributed by atoms with van der Waals surface area (Å²) < 4.78 is 5.81. The van der Waals surface area contributed by atoms with E-state index in [-0.39, 0.29) is 12.0 Å². The Kier molecular flexibility index (Phi) is 4.84. The van der Waals surface area contributed by atoms with Crippen LogP contribution in [0.15, 0.2) is 35.3 Å². The van der Waals surface area contributed by atoms with Crippen molar-refractivity contribution in [2.75, 3.05) is 13.7 Å². The number of rotatable bonds is 5. The van der Waals surface area contributed by atoms with E-state index >= 15 is 0 Å². The van der Waals surface area contributed by atoms with Gasteiger partial charge in [-0.2, -0.15) is 5.10 Å². The maximum Gasteiger partial charge on any atom is 0.330 e. The fraction of sp³-hybridized carbons (Fsp3) is 0.286. The molecule has 0 aliphatic rings. The molecular weight excluding hydrogens is 290 g/mol. The molecule has 0 bridgehead atoms. The molecule has 8 nitrogen and oxygen atoms in total. The van der Waals surface area contributed by atoms with Crippen LogP contribution in [0, 0.1) is 0 Å². The molecule has 2 rings (SSSR count). The molecule has 0 spiro atoms. The lowest BCUT2D eigenvalue weighted by Gasteiger charge is -2.15. The van der Waals surface area contributed by atoms with Crippen LogP contribution in [0.5, 0.6) is 0 Å². The summed E-state index contributed by atoms with van der Waals surface area (Å²) in [4.78, 5) is 35.0. The van der Waals surface area contributed by atoms with Crippen LogP contribution in [0.1, 0.15) is 0 Å². The molecule has 1 amide bonds. The van der Waals surface area contributed by atoms with Crippen molar-refractivity contribution in [2.45, 2.75) is 12.6 Å². The van der Waals surface area contributed by atoms with Crippen LogP contribution in [0.2, 0.25) is 0 Å². The Morgan fingerprint density at radius 1 is 1.41 bits per heavy atom. The molecule has 0 fully saturated rings. The number of carbonyl (C=O) groups excluding carboxylic acids is 2. The molecule has 2 aromatic rings. The minimum Gasteiger partial charge on any atom is -0.467 e. The highest BCUT2D eigenvalue weighted by Gasteiger charge is 2.20. The maximum absolute atomic E-state index is 12.0. The number of hydrogen-bond donors (Lipinski definition) is 2. The van der Waals surface area contributed by atoms with Gasteiger partial charge in [0.05, 0.1) is 25.4 Å². The lowest BCUT2D eigenvalue weighted by molar-refractivity contribution is -0.146. The molecule has 0 unspecified atom stereocenters. The first-order valence-corrected chi connectivity index (χ1v) is 6.49. The van der Waals surface area contributed by atoms with Crippen molar-refractivity contribution in [1.82, 2.24) is 15.1 Å². The van der Waals surface area contributed by atoms with Gasteiger partial charge < -0.3 is 15.2 Å². The molecule has 0 saturated carbocycles. The summed E-state index contributed by atoms with van der Waals surface area (Å²) >= 11 is 0. The number of aliphatic hydroxyl groups excluding tert-OH is 1. The second kappa shape index (κ2) is 6.81. The number of fused-ring (bicyclic) bond motifs is 1. The van der Waals surface area contributed by atoms with Crippen LogP contribution >= 0.6 is 0 Å².